The van der Waals surface area contributed by atoms with E-state index in [0.29, 0.717) is 28.9 Å². The Kier molecular flexibility index (Phi) is 7.45. The van der Waals surface area contributed by atoms with Crippen molar-refractivity contribution in [2.45, 2.75) is 26.7 Å². The number of anilines is 2. The summed E-state index contributed by atoms with van der Waals surface area (Å²) in [6, 6.07) is 13.2. The molecule has 2 rings (SSSR count). The quantitative estimate of drug-likeness (QED) is 0.540. The molecule has 0 unspecified atom stereocenters. The number of carbonyl (C=O) groups excluding carboxylic acids is 4. The van der Waals surface area contributed by atoms with Gasteiger partial charge < -0.3 is 15.4 Å². The minimum atomic E-state index is -0.521. The fraction of sp³-hybridized carbons (Fsp3) is 0.238. The monoisotopic (exact) mass is 382 g/mol. The third kappa shape index (κ3) is 6.68. The maximum Gasteiger partial charge on any atom is 0.310 e. The number of benzene rings is 2. The Morgan fingerprint density at radius 2 is 1.43 bits per heavy atom. The molecule has 2 aromatic carbocycles. The lowest BCUT2D eigenvalue weighted by Gasteiger charge is -2.07. The molecular formula is C21H22N2O5. The number of hydrogen-bond acceptors (Lipinski definition) is 5. The minimum Gasteiger partial charge on any atom is -0.457 e. The van der Waals surface area contributed by atoms with Gasteiger partial charge in [-0.1, -0.05) is 19.1 Å². The van der Waals surface area contributed by atoms with Gasteiger partial charge in [-0.15, -0.1) is 0 Å². The number of Topliss-reactive ketones (excluding diaryl/α,β-unsaturated/α-hetero) is 1. The Bertz CT molecular complexity index is 857. The number of ketones is 1. The van der Waals surface area contributed by atoms with E-state index in [-0.39, 0.29) is 30.6 Å². The normalized spacial score (nSPS) is 10.1. The Labute approximate surface area is 163 Å². The molecule has 28 heavy (non-hydrogen) atoms. The summed E-state index contributed by atoms with van der Waals surface area (Å²) in [6.07, 6.45) is 0.391. The third-order valence-corrected chi connectivity index (χ3v) is 3.80. The molecule has 0 fully saturated rings. The van der Waals surface area contributed by atoms with Crippen LogP contribution in [-0.2, 0) is 25.5 Å². The summed E-state index contributed by atoms with van der Waals surface area (Å²) in [5.41, 5.74) is 2.34. The van der Waals surface area contributed by atoms with Crippen molar-refractivity contribution in [2.24, 2.45) is 0 Å². The zero-order valence-corrected chi connectivity index (χ0v) is 15.8. The molecule has 0 radical (unpaired) electrons. The highest BCUT2D eigenvalue weighted by Gasteiger charge is 2.11. The fourth-order valence-corrected chi connectivity index (χ4v) is 2.35. The van der Waals surface area contributed by atoms with E-state index >= 15 is 0 Å². The highest BCUT2D eigenvalue weighted by atomic mass is 16.5. The van der Waals surface area contributed by atoms with E-state index in [2.05, 4.69) is 10.6 Å². The average Bonchev–Trinajstić information content (AvgIpc) is 2.67. The van der Waals surface area contributed by atoms with Crippen LogP contribution < -0.4 is 10.6 Å². The topological polar surface area (TPSA) is 102 Å². The first-order chi connectivity index (χ1) is 13.4. The molecule has 0 atom stereocenters. The van der Waals surface area contributed by atoms with Gasteiger partial charge in [-0.05, 0) is 42.0 Å². The molecule has 0 saturated carbocycles. The van der Waals surface area contributed by atoms with E-state index in [4.69, 9.17) is 4.74 Å². The van der Waals surface area contributed by atoms with Crippen molar-refractivity contribution in [1.82, 2.24) is 0 Å². The number of esters is 1. The van der Waals surface area contributed by atoms with Crippen LogP contribution >= 0.6 is 0 Å². The molecule has 0 saturated heterocycles. The molecule has 0 bridgehead atoms. The van der Waals surface area contributed by atoms with Gasteiger partial charge in [-0.25, -0.2) is 0 Å². The lowest BCUT2D eigenvalue weighted by molar-refractivity contribution is -0.141. The summed E-state index contributed by atoms with van der Waals surface area (Å²) in [6.45, 7) is 2.81. The maximum atomic E-state index is 12.1. The third-order valence-electron chi connectivity index (χ3n) is 3.80. The van der Waals surface area contributed by atoms with Gasteiger partial charge in [0.25, 0.3) is 0 Å². The van der Waals surface area contributed by atoms with Crippen LogP contribution in [0.15, 0.2) is 48.5 Å². The molecule has 0 aliphatic rings. The lowest BCUT2D eigenvalue weighted by Crippen LogP contribution is -2.16. The van der Waals surface area contributed by atoms with Gasteiger partial charge in [0.05, 0.1) is 6.42 Å². The zero-order valence-electron chi connectivity index (χ0n) is 15.8. The lowest BCUT2D eigenvalue weighted by atomic mass is 10.1. The summed E-state index contributed by atoms with van der Waals surface area (Å²) >= 11 is 0. The molecule has 2 N–H and O–H groups in total. The van der Waals surface area contributed by atoms with Crippen molar-refractivity contribution in [3.05, 3.63) is 59.7 Å². The van der Waals surface area contributed by atoms with Crippen molar-refractivity contribution in [3.8, 4) is 0 Å². The van der Waals surface area contributed by atoms with E-state index in [1.54, 1.807) is 55.5 Å². The highest BCUT2D eigenvalue weighted by Crippen LogP contribution is 2.12. The zero-order chi connectivity index (χ0) is 20.5. The van der Waals surface area contributed by atoms with E-state index in [1.807, 2.05) is 0 Å². The van der Waals surface area contributed by atoms with Gasteiger partial charge >= 0.3 is 5.97 Å². The molecule has 2 aromatic rings. The second-order valence-electron chi connectivity index (χ2n) is 6.12. The smallest absolute Gasteiger partial charge is 0.310 e. The number of rotatable bonds is 8. The number of hydrogen-bond donors (Lipinski definition) is 2. The summed E-state index contributed by atoms with van der Waals surface area (Å²) in [5, 5.41) is 5.33. The van der Waals surface area contributed by atoms with Crippen molar-refractivity contribution >= 4 is 34.9 Å². The fourth-order valence-electron chi connectivity index (χ4n) is 2.35. The van der Waals surface area contributed by atoms with Crippen molar-refractivity contribution in [2.75, 3.05) is 17.2 Å². The van der Waals surface area contributed by atoms with Gasteiger partial charge in [0.15, 0.2) is 12.4 Å². The molecule has 0 aliphatic heterocycles. The van der Waals surface area contributed by atoms with Gasteiger partial charge in [0.2, 0.25) is 11.8 Å². The van der Waals surface area contributed by atoms with Gasteiger partial charge in [-0.2, -0.15) is 0 Å². The van der Waals surface area contributed by atoms with Crippen LogP contribution in [0.3, 0.4) is 0 Å². The molecule has 146 valence electrons. The van der Waals surface area contributed by atoms with Crippen molar-refractivity contribution in [3.63, 3.8) is 0 Å². The van der Waals surface area contributed by atoms with Crippen LogP contribution in [0.2, 0.25) is 0 Å². The number of amides is 2. The summed E-state index contributed by atoms with van der Waals surface area (Å²) in [4.78, 5) is 46.4. The molecule has 7 nitrogen and oxygen atoms in total. The van der Waals surface area contributed by atoms with E-state index < -0.39 is 5.97 Å². The maximum absolute atomic E-state index is 12.1. The Hall–Kier alpha value is -3.48. The second kappa shape index (κ2) is 10.0. The molecule has 7 heteroatoms. The number of carbonyl (C=O) groups is 4. The molecule has 0 aromatic heterocycles. The summed E-state index contributed by atoms with van der Waals surface area (Å²) in [7, 11) is 0. The van der Waals surface area contributed by atoms with E-state index in [0.717, 1.165) is 0 Å². The first kappa shape index (κ1) is 20.8. The van der Waals surface area contributed by atoms with Crippen LogP contribution in [0, 0.1) is 0 Å². The predicted octanol–water partition coefficient (Wildman–Crippen LogP) is 2.96. The Balaban J connectivity index is 1.82. The Morgan fingerprint density at radius 1 is 0.857 bits per heavy atom. The SMILES string of the molecule is CCC(=O)Nc1ccc(C(=O)COC(=O)Cc2ccc(NC(C)=O)cc2)cc1. The molecular weight excluding hydrogens is 360 g/mol. The summed E-state index contributed by atoms with van der Waals surface area (Å²) < 4.78 is 5.04. The van der Waals surface area contributed by atoms with Gasteiger partial charge in [0.1, 0.15) is 0 Å². The highest BCUT2D eigenvalue weighted by molar-refractivity contribution is 5.99. The van der Waals surface area contributed by atoms with E-state index in [1.165, 1.54) is 6.92 Å². The van der Waals surface area contributed by atoms with Crippen LogP contribution in [0.25, 0.3) is 0 Å². The standard InChI is InChI=1S/C21H22N2O5/c1-3-20(26)23-18-10-6-16(7-11-18)19(25)13-28-21(27)12-15-4-8-17(9-5-15)22-14(2)24/h4-11H,3,12-13H2,1-2H3,(H,22,24)(H,23,26). The first-order valence-corrected chi connectivity index (χ1v) is 8.82. The molecule has 0 spiro atoms. The van der Waals surface area contributed by atoms with Crippen LogP contribution in [0.1, 0.15) is 36.2 Å². The second-order valence-corrected chi connectivity index (χ2v) is 6.12. The minimum absolute atomic E-state index is 0.0234. The van der Waals surface area contributed by atoms with Crippen molar-refractivity contribution < 1.29 is 23.9 Å². The summed E-state index contributed by atoms with van der Waals surface area (Å²) in [5.74, 6) is -1.14. The largest absolute Gasteiger partial charge is 0.457 e. The van der Waals surface area contributed by atoms with Crippen LogP contribution in [-0.4, -0.2) is 30.2 Å². The number of ether oxygens (including phenoxy) is 1. The van der Waals surface area contributed by atoms with Gasteiger partial charge in [0, 0.05) is 30.3 Å². The Morgan fingerprint density at radius 3 is 2.00 bits per heavy atom. The van der Waals surface area contributed by atoms with Crippen LogP contribution in [0.5, 0.6) is 0 Å². The number of nitrogens with one attached hydrogen (secondary N) is 2. The van der Waals surface area contributed by atoms with E-state index in [9.17, 15) is 19.2 Å². The molecule has 0 aliphatic carbocycles. The average molecular weight is 382 g/mol. The van der Waals surface area contributed by atoms with Gasteiger partial charge in [-0.3, -0.25) is 19.2 Å². The molecule has 2 amide bonds. The first-order valence-electron chi connectivity index (χ1n) is 8.82. The van der Waals surface area contributed by atoms with Crippen molar-refractivity contribution in [1.29, 1.82) is 0 Å². The van der Waals surface area contributed by atoms with Crippen LogP contribution in [0.4, 0.5) is 11.4 Å². The molecule has 0 heterocycles. The predicted molar refractivity (Wildman–Crippen MR) is 105 cm³/mol.